The first-order chi connectivity index (χ1) is 29.8. The maximum Gasteiger partial charge on any atom is 0.167 e. The summed E-state index contributed by atoms with van der Waals surface area (Å²) in [4.78, 5) is 14.8. The smallest absolute Gasteiger partial charge is 0.167 e. The van der Waals surface area contributed by atoms with Crippen molar-refractivity contribution < 1.29 is 11.3 Å². The molecule has 0 aliphatic heterocycles. The van der Waals surface area contributed by atoms with E-state index in [9.17, 15) is 0 Å². The standard InChI is InChI=1S/C51H32N4O/c1-4-16-33(17-5-1)36-22-14-23-37(30-36)39-26-15-27-42-43-31-38(55-45-28-12-10-24-40(45)41-25-11-13-29-46(41)55)32-44(48(43)56-47(39)42)51-53-49(34-18-6-2-7-19-34)52-50(54-51)35-20-8-3-9-21-35/h1-32H/i2D,6D,7D,18D,19D. The van der Waals surface area contributed by atoms with Crippen molar-refractivity contribution in [3.8, 4) is 62.1 Å². The number of hydrogen-bond acceptors (Lipinski definition) is 4. The van der Waals surface area contributed by atoms with Gasteiger partial charge in [0.15, 0.2) is 17.5 Å². The van der Waals surface area contributed by atoms with E-state index in [2.05, 4.69) is 83.4 Å². The minimum atomic E-state index is -0.496. The molecule has 11 aromatic rings. The zero-order valence-corrected chi connectivity index (χ0v) is 29.8. The largest absolute Gasteiger partial charge is 0.455 e. The third-order valence-corrected chi connectivity index (χ3v) is 10.3. The fourth-order valence-corrected chi connectivity index (χ4v) is 7.79. The Balaban J connectivity index is 1.24. The third-order valence-electron chi connectivity index (χ3n) is 10.3. The molecular weight excluding hydrogens is 685 g/mol. The van der Waals surface area contributed by atoms with E-state index in [1.54, 1.807) is 0 Å². The SMILES string of the molecule is [2H]c1c([2H])c([2H])c(-c2nc(-c3ccccc3)nc(-c3cc(-n4c5ccccc5c5ccccc54)cc4c3oc3c(-c5cccc(-c6ccccc6)c5)cccc34)n2)c([2H])c1[2H]. The Morgan fingerprint density at radius 2 is 0.946 bits per heavy atom. The highest BCUT2D eigenvalue weighted by Gasteiger charge is 2.23. The summed E-state index contributed by atoms with van der Waals surface area (Å²) in [6.45, 7) is 0. The van der Waals surface area contributed by atoms with Crippen molar-refractivity contribution in [2.75, 3.05) is 0 Å². The van der Waals surface area contributed by atoms with Gasteiger partial charge in [0.05, 0.1) is 23.5 Å². The van der Waals surface area contributed by atoms with E-state index < -0.39 is 30.2 Å². The van der Waals surface area contributed by atoms with Crippen molar-refractivity contribution >= 4 is 43.7 Å². The van der Waals surface area contributed by atoms with E-state index in [0.717, 1.165) is 60.5 Å². The van der Waals surface area contributed by atoms with Gasteiger partial charge in [-0.05, 0) is 47.0 Å². The molecule has 11 rings (SSSR count). The van der Waals surface area contributed by atoms with Gasteiger partial charge < -0.3 is 8.98 Å². The summed E-state index contributed by atoms with van der Waals surface area (Å²) in [5.41, 5.74) is 9.27. The minimum Gasteiger partial charge on any atom is -0.455 e. The Hall–Kier alpha value is -7.63. The zero-order valence-electron chi connectivity index (χ0n) is 34.8. The molecule has 5 nitrogen and oxygen atoms in total. The number of benzene rings is 8. The van der Waals surface area contributed by atoms with Gasteiger partial charge in [-0.15, -0.1) is 0 Å². The molecule has 0 N–H and O–H groups in total. The summed E-state index contributed by atoms with van der Waals surface area (Å²) in [6.07, 6.45) is 0. The second-order valence-corrected chi connectivity index (χ2v) is 13.6. The van der Waals surface area contributed by atoms with Gasteiger partial charge in [0.25, 0.3) is 0 Å². The molecule has 0 amide bonds. The quantitative estimate of drug-likeness (QED) is 0.172. The lowest BCUT2D eigenvalue weighted by Gasteiger charge is -2.12. The first kappa shape index (κ1) is 27.0. The molecule has 0 spiro atoms. The molecule has 0 aliphatic rings. The lowest BCUT2D eigenvalue weighted by molar-refractivity contribution is 0.670. The van der Waals surface area contributed by atoms with Crippen molar-refractivity contribution in [1.82, 2.24) is 19.5 Å². The summed E-state index contributed by atoms with van der Waals surface area (Å²) < 4.78 is 52.3. The molecular formula is C51H32N4O. The van der Waals surface area contributed by atoms with Gasteiger partial charge >= 0.3 is 0 Å². The van der Waals surface area contributed by atoms with Crippen LogP contribution >= 0.6 is 0 Å². The van der Waals surface area contributed by atoms with Crippen molar-refractivity contribution in [2.45, 2.75) is 0 Å². The monoisotopic (exact) mass is 721 g/mol. The summed E-state index contributed by atoms with van der Waals surface area (Å²) in [6, 6.07) is 52.7. The third kappa shape index (κ3) is 5.29. The van der Waals surface area contributed by atoms with Crippen LogP contribution < -0.4 is 0 Å². The maximum absolute atomic E-state index is 8.89. The number of aromatic nitrogens is 4. The number of hydrogen-bond donors (Lipinski definition) is 0. The summed E-state index contributed by atoms with van der Waals surface area (Å²) >= 11 is 0. The van der Waals surface area contributed by atoms with Gasteiger partial charge in [0.2, 0.25) is 0 Å². The number of nitrogens with zero attached hydrogens (tertiary/aromatic N) is 4. The van der Waals surface area contributed by atoms with E-state index in [1.165, 1.54) is 0 Å². The first-order valence-corrected chi connectivity index (χ1v) is 18.4. The fraction of sp³-hybridized carbons (Fsp3) is 0. The van der Waals surface area contributed by atoms with Gasteiger partial charge in [-0.25, -0.2) is 15.0 Å². The molecule has 3 aromatic heterocycles. The van der Waals surface area contributed by atoms with Crippen LogP contribution in [0.15, 0.2) is 198 Å². The molecule has 0 unspecified atom stereocenters. The Kier molecular flexibility index (Phi) is 6.29. The van der Waals surface area contributed by atoms with E-state index in [1.807, 2.05) is 84.9 Å². The Bertz CT molecular complexity index is 3470. The molecule has 0 saturated carbocycles. The molecule has 0 atom stereocenters. The molecule has 5 heteroatoms. The second-order valence-electron chi connectivity index (χ2n) is 13.6. The minimum absolute atomic E-state index is 0.0502. The highest BCUT2D eigenvalue weighted by atomic mass is 16.3. The number of rotatable bonds is 6. The normalized spacial score (nSPS) is 12.8. The molecule has 0 saturated heterocycles. The van der Waals surface area contributed by atoms with Crippen LogP contribution in [0, 0.1) is 0 Å². The average Bonchev–Trinajstić information content (AvgIpc) is 3.86. The van der Waals surface area contributed by atoms with Crippen LogP contribution in [0.1, 0.15) is 6.85 Å². The van der Waals surface area contributed by atoms with Gasteiger partial charge in [-0.2, -0.15) is 0 Å². The van der Waals surface area contributed by atoms with Crippen LogP contribution in [0.25, 0.3) is 106 Å². The number of para-hydroxylation sites is 3. The topological polar surface area (TPSA) is 56.7 Å². The summed E-state index contributed by atoms with van der Waals surface area (Å²) in [5, 5.41) is 3.93. The number of fused-ring (bicyclic) bond motifs is 6. The highest BCUT2D eigenvalue weighted by molar-refractivity contribution is 6.15. The van der Waals surface area contributed by atoms with Crippen LogP contribution in [0.2, 0.25) is 0 Å². The van der Waals surface area contributed by atoms with Gasteiger partial charge in [0.1, 0.15) is 11.2 Å². The Morgan fingerprint density at radius 1 is 0.393 bits per heavy atom. The van der Waals surface area contributed by atoms with Gasteiger partial charge in [0, 0.05) is 43.9 Å². The van der Waals surface area contributed by atoms with E-state index >= 15 is 0 Å². The van der Waals surface area contributed by atoms with Gasteiger partial charge in [-0.3, -0.25) is 0 Å². The predicted octanol–water partition coefficient (Wildman–Crippen LogP) is 13.2. The second kappa shape index (κ2) is 13.0. The van der Waals surface area contributed by atoms with Crippen LogP contribution in [0.4, 0.5) is 0 Å². The lowest BCUT2D eigenvalue weighted by atomic mass is 9.97. The molecule has 262 valence electrons. The Labute approximate surface area is 329 Å². The molecule has 0 radical (unpaired) electrons. The Morgan fingerprint density at radius 3 is 1.68 bits per heavy atom. The van der Waals surface area contributed by atoms with E-state index in [0.29, 0.717) is 22.3 Å². The van der Waals surface area contributed by atoms with E-state index in [-0.39, 0.29) is 23.0 Å². The molecule has 3 heterocycles. The van der Waals surface area contributed by atoms with Crippen LogP contribution in [0.5, 0.6) is 0 Å². The predicted molar refractivity (Wildman–Crippen MR) is 229 cm³/mol. The van der Waals surface area contributed by atoms with Crippen molar-refractivity contribution in [3.63, 3.8) is 0 Å². The van der Waals surface area contributed by atoms with Crippen molar-refractivity contribution in [2.24, 2.45) is 0 Å². The maximum atomic E-state index is 8.89. The number of furan rings is 1. The molecule has 56 heavy (non-hydrogen) atoms. The fourth-order valence-electron chi connectivity index (χ4n) is 7.79. The average molecular weight is 722 g/mol. The van der Waals surface area contributed by atoms with Crippen LogP contribution in [0.3, 0.4) is 0 Å². The van der Waals surface area contributed by atoms with Crippen molar-refractivity contribution in [1.29, 1.82) is 0 Å². The summed E-state index contributed by atoms with van der Waals surface area (Å²) in [7, 11) is 0. The van der Waals surface area contributed by atoms with E-state index in [4.69, 9.17) is 26.2 Å². The molecule has 0 fully saturated rings. The highest BCUT2D eigenvalue weighted by Crippen LogP contribution is 2.43. The summed E-state index contributed by atoms with van der Waals surface area (Å²) in [5.74, 6) is 0.443. The zero-order chi connectivity index (χ0) is 41.4. The van der Waals surface area contributed by atoms with Crippen molar-refractivity contribution in [3.05, 3.63) is 194 Å². The molecule has 0 aliphatic carbocycles. The molecule has 8 aromatic carbocycles. The first-order valence-electron chi connectivity index (χ1n) is 20.9. The lowest BCUT2D eigenvalue weighted by Crippen LogP contribution is -2.01. The molecule has 0 bridgehead atoms. The van der Waals surface area contributed by atoms with Gasteiger partial charge in [-0.1, -0.05) is 164 Å². The van der Waals surface area contributed by atoms with Crippen LogP contribution in [-0.4, -0.2) is 19.5 Å². The van der Waals surface area contributed by atoms with Crippen LogP contribution in [-0.2, 0) is 0 Å².